The van der Waals surface area contributed by atoms with Crippen LogP contribution >= 0.6 is 12.2 Å². The molecular formula is C26H33FN6O4S. The summed E-state index contributed by atoms with van der Waals surface area (Å²) in [6.45, 7) is 6.00. The van der Waals surface area contributed by atoms with Crippen LogP contribution in [0.15, 0.2) is 24.3 Å². The van der Waals surface area contributed by atoms with Crippen molar-refractivity contribution >= 4 is 40.6 Å². The summed E-state index contributed by atoms with van der Waals surface area (Å²) in [6, 6.07) is 6.63. The third kappa shape index (κ3) is 6.93. The van der Waals surface area contributed by atoms with Crippen LogP contribution in [-0.4, -0.2) is 78.0 Å². The molecule has 2 aliphatic heterocycles. The number of nitrogens with one attached hydrogen (secondary N) is 1. The number of benzene rings is 1. The molecule has 2 fully saturated rings. The summed E-state index contributed by atoms with van der Waals surface area (Å²) in [5.41, 5.74) is 5.76. The number of hydrogen-bond donors (Lipinski definition) is 1. The van der Waals surface area contributed by atoms with Crippen molar-refractivity contribution < 1.29 is 23.5 Å². The maximum Gasteiger partial charge on any atom is 0.414 e. The number of rotatable bonds is 8. The lowest BCUT2D eigenvalue weighted by atomic mass is 10.2. The number of methoxy groups -OCH3 is 1. The number of carbonyl (C=O) groups is 2. The highest BCUT2D eigenvalue weighted by atomic mass is 32.1. The molecule has 0 radical (unpaired) electrons. The monoisotopic (exact) mass is 544 g/mol. The number of carbonyl (C=O) groups excluding carboxylic acids is 2. The topological polar surface area (TPSA) is 100 Å². The first-order chi connectivity index (χ1) is 18.2. The van der Waals surface area contributed by atoms with Crippen molar-refractivity contribution in [3.63, 3.8) is 0 Å². The van der Waals surface area contributed by atoms with E-state index in [1.807, 2.05) is 24.8 Å². The van der Waals surface area contributed by atoms with Crippen LogP contribution in [0.4, 0.5) is 20.6 Å². The quantitative estimate of drug-likeness (QED) is 0.503. The van der Waals surface area contributed by atoms with E-state index in [4.69, 9.17) is 21.7 Å². The fourth-order valence-electron chi connectivity index (χ4n) is 4.63. The molecule has 1 aromatic heterocycles. The van der Waals surface area contributed by atoms with Crippen molar-refractivity contribution in [1.82, 2.24) is 20.4 Å². The molecule has 0 unspecified atom stereocenters. The van der Waals surface area contributed by atoms with Gasteiger partial charge >= 0.3 is 6.09 Å². The van der Waals surface area contributed by atoms with Gasteiger partial charge in [-0.1, -0.05) is 0 Å². The van der Waals surface area contributed by atoms with Crippen molar-refractivity contribution in [3.05, 3.63) is 47.3 Å². The van der Waals surface area contributed by atoms with Gasteiger partial charge in [-0.05, 0) is 56.8 Å². The number of halogens is 1. The largest absolute Gasteiger partial charge is 0.490 e. The number of cyclic esters (lactones) is 1. The fourth-order valence-corrected chi connectivity index (χ4v) is 4.75. The zero-order valence-electron chi connectivity index (χ0n) is 21.9. The molecule has 0 aliphatic carbocycles. The third-order valence-corrected chi connectivity index (χ3v) is 6.90. The Bertz CT molecular complexity index is 1180. The Morgan fingerprint density at radius 2 is 1.95 bits per heavy atom. The number of aryl methyl sites for hydroxylation is 3. The highest BCUT2D eigenvalue weighted by molar-refractivity contribution is 7.80. The van der Waals surface area contributed by atoms with Crippen molar-refractivity contribution in [2.75, 3.05) is 49.6 Å². The molecule has 1 N–H and O–H groups in total. The van der Waals surface area contributed by atoms with Crippen molar-refractivity contribution in [2.45, 2.75) is 45.6 Å². The van der Waals surface area contributed by atoms with Gasteiger partial charge in [-0.2, -0.15) is 0 Å². The third-order valence-electron chi connectivity index (χ3n) is 6.53. The number of thiocarbonyl (C=S) groups is 1. The lowest BCUT2D eigenvalue weighted by molar-refractivity contribution is -0.133. The van der Waals surface area contributed by atoms with E-state index in [0.29, 0.717) is 74.2 Å². The second kappa shape index (κ2) is 12.4. The van der Waals surface area contributed by atoms with E-state index >= 15 is 4.39 Å². The first kappa shape index (κ1) is 27.6. The minimum absolute atomic E-state index is 0.0567. The van der Waals surface area contributed by atoms with E-state index in [1.54, 1.807) is 17.1 Å². The molecule has 2 aromatic rings. The summed E-state index contributed by atoms with van der Waals surface area (Å²) < 4.78 is 25.6. The Balaban J connectivity index is 1.32. The van der Waals surface area contributed by atoms with Crippen LogP contribution in [0.25, 0.3) is 0 Å². The second-order valence-corrected chi connectivity index (χ2v) is 9.83. The number of aromatic nitrogens is 2. The molecule has 2 aliphatic rings. The van der Waals surface area contributed by atoms with Gasteiger partial charge in [-0.25, -0.2) is 24.6 Å². The predicted molar refractivity (Wildman–Crippen MR) is 145 cm³/mol. The minimum atomic E-state index is -0.509. The number of hydrazine groups is 1. The number of anilines is 2. The fraction of sp³-hybridized carbons (Fsp3) is 0.500. The lowest BCUT2D eigenvalue weighted by Gasteiger charge is -2.24. The van der Waals surface area contributed by atoms with Crippen molar-refractivity contribution in [2.24, 2.45) is 0 Å². The number of nitrogens with zero attached hydrogens (tertiary/aromatic N) is 5. The maximum atomic E-state index is 15.2. The summed E-state index contributed by atoms with van der Waals surface area (Å²) in [7, 11) is 1.51. The Morgan fingerprint density at radius 1 is 1.18 bits per heavy atom. The SMILES string of the molecule is COC(=S)CC[C@H]1CN(c2ccc(N3CCNN(C(=O)CCc4nc(C)cc(C)n4)CC3)c(F)c2)C(=O)O1. The van der Waals surface area contributed by atoms with Crippen LogP contribution < -0.4 is 15.2 Å². The van der Waals surface area contributed by atoms with E-state index in [1.165, 1.54) is 18.1 Å². The molecule has 0 bridgehead atoms. The summed E-state index contributed by atoms with van der Waals surface area (Å²) >= 11 is 5.05. The second-order valence-electron chi connectivity index (χ2n) is 9.37. The highest BCUT2D eigenvalue weighted by Gasteiger charge is 2.33. The Morgan fingerprint density at radius 3 is 2.66 bits per heavy atom. The van der Waals surface area contributed by atoms with Crippen LogP contribution in [-0.2, 0) is 20.7 Å². The lowest BCUT2D eigenvalue weighted by Crippen LogP contribution is -2.43. The molecule has 10 nitrogen and oxygen atoms in total. The molecule has 2 saturated heterocycles. The molecule has 204 valence electrons. The van der Waals surface area contributed by atoms with Crippen LogP contribution in [0.2, 0.25) is 0 Å². The molecule has 12 heteroatoms. The average Bonchev–Trinajstić information content (AvgIpc) is 3.08. The van der Waals surface area contributed by atoms with Gasteiger partial charge in [0.05, 0.1) is 31.6 Å². The Hall–Kier alpha value is -3.38. The maximum absolute atomic E-state index is 15.2. The van der Waals surface area contributed by atoms with Gasteiger partial charge in [0.15, 0.2) is 5.05 Å². The van der Waals surface area contributed by atoms with Gasteiger partial charge in [-0.3, -0.25) is 14.7 Å². The van der Waals surface area contributed by atoms with E-state index in [9.17, 15) is 9.59 Å². The zero-order chi connectivity index (χ0) is 27.2. The van der Waals surface area contributed by atoms with Gasteiger partial charge in [0, 0.05) is 50.3 Å². The van der Waals surface area contributed by atoms with E-state index in [-0.39, 0.29) is 18.4 Å². The number of hydrogen-bond acceptors (Lipinski definition) is 9. The van der Waals surface area contributed by atoms with Gasteiger partial charge in [0.25, 0.3) is 0 Å². The Labute approximate surface area is 227 Å². The molecule has 3 heterocycles. The van der Waals surface area contributed by atoms with Crippen LogP contribution in [0.5, 0.6) is 0 Å². The van der Waals surface area contributed by atoms with Crippen LogP contribution in [0.1, 0.15) is 36.5 Å². The predicted octanol–water partition coefficient (Wildman–Crippen LogP) is 3.10. The minimum Gasteiger partial charge on any atom is -0.490 e. The number of amides is 2. The molecule has 0 spiro atoms. The van der Waals surface area contributed by atoms with Gasteiger partial charge in [0.1, 0.15) is 17.7 Å². The summed E-state index contributed by atoms with van der Waals surface area (Å²) in [4.78, 5) is 37.3. The molecule has 0 saturated carbocycles. The Kier molecular flexibility index (Phi) is 9.05. The van der Waals surface area contributed by atoms with Gasteiger partial charge < -0.3 is 14.4 Å². The van der Waals surface area contributed by atoms with E-state index < -0.39 is 11.9 Å². The number of ether oxygens (including phenoxy) is 2. The summed E-state index contributed by atoms with van der Waals surface area (Å²) in [5.74, 6) is 0.158. The standard InChI is InChI=1S/C26H33FN6O4S/c1-17-14-18(2)30-23(29-17)7-8-24(34)33-13-12-31(11-10-28-33)22-6-4-19(15-21(22)27)32-16-20(37-26(32)35)5-9-25(38)36-3/h4,6,14-15,20,28H,5,7-13,16H2,1-3H3/t20-/m0/s1. The molecule has 4 rings (SSSR count). The van der Waals surface area contributed by atoms with Gasteiger partial charge in [0.2, 0.25) is 5.91 Å². The van der Waals surface area contributed by atoms with Crippen molar-refractivity contribution in [3.8, 4) is 0 Å². The molecular weight excluding hydrogens is 511 g/mol. The van der Waals surface area contributed by atoms with Crippen LogP contribution in [0, 0.1) is 19.7 Å². The smallest absolute Gasteiger partial charge is 0.414 e. The first-order valence-corrected chi connectivity index (χ1v) is 13.1. The van der Waals surface area contributed by atoms with Crippen molar-refractivity contribution in [1.29, 1.82) is 0 Å². The average molecular weight is 545 g/mol. The van der Waals surface area contributed by atoms with E-state index in [2.05, 4.69) is 15.4 Å². The van der Waals surface area contributed by atoms with Crippen LogP contribution in [0.3, 0.4) is 0 Å². The van der Waals surface area contributed by atoms with Gasteiger partial charge in [-0.15, -0.1) is 0 Å². The first-order valence-electron chi connectivity index (χ1n) is 12.7. The molecule has 38 heavy (non-hydrogen) atoms. The highest BCUT2D eigenvalue weighted by Crippen LogP contribution is 2.29. The zero-order valence-corrected chi connectivity index (χ0v) is 22.7. The molecule has 2 amide bonds. The molecule has 1 atom stereocenters. The summed E-state index contributed by atoms with van der Waals surface area (Å²) in [5, 5.41) is 2.04. The normalized spacial score (nSPS) is 17.8. The molecule has 1 aromatic carbocycles. The van der Waals surface area contributed by atoms with E-state index in [0.717, 1.165) is 11.4 Å². The summed E-state index contributed by atoms with van der Waals surface area (Å²) in [6.07, 6.45) is 0.946.